The van der Waals surface area contributed by atoms with E-state index in [-0.39, 0.29) is 16.6 Å². The van der Waals surface area contributed by atoms with E-state index in [1.165, 1.54) is 0 Å². The maximum atomic E-state index is 14.6. The zero-order chi connectivity index (χ0) is 33.6. The second-order valence-corrected chi connectivity index (χ2v) is 13.9. The first-order valence-electron chi connectivity index (χ1n) is 16.6. The van der Waals surface area contributed by atoms with Crippen molar-refractivity contribution in [3.8, 4) is 0 Å². The highest BCUT2D eigenvalue weighted by Gasteiger charge is 2.33. The minimum Gasteiger partial charge on any atom is -0.353 e. The Balaban J connectivity index is 1.73. The van der Waals surface area contributed by atoms with Crippen LogP contribution < -0.4 is 0 Å². The highest BCUT2D eigenvalue weighted by Crippen LogP contribution is 2.37. The second kappa shape index (κ2) is 15.8. The third-order valence-electron chi connectivity index (χ3n) is 8.16. The summed E-state index contributed by atoms with van der Waals surface area (Å²) in [5, 5.41) is 0. The maximum absolute atomic E-state index is 14.6. The van der Waals surface area contributed by atoms with E-state index in [0.29, 0.717) is 50.8 Å². The zero-order valence-electron chi connectivity index (χ0n) is 29.3. The van der Waals surface area contributed by atoms with Gasteiger partial charge in [0.15, 0.2) is 30.9 Å². The largest absolute Gasteiger partial charge is 0.353 e. The lowest BCUT2D eigenvalue weighted by atomic mass is 9.89. The van der Waals surface area contributed by atoms with Crippen LogP contribution >= 0.6 is 0 Å². The maximum Gasteiger partial charge on any atom is 0.193 e. The predicted molar refractivity (Wildman–Crippen MR) is 174 cm³/mol. The number of rotatable bonds is 14. The van der Waals surface area contributed by atoms with Crippen LogP contribution in [0.5, 0.6) is 0 Å². The Bertz CT molecular complexity index is 1190. The summed E-state index contributed by atoms with van der Waals surface area (Å²) >= 11 is 0. The van der Waals surface area contributed by atoms with Gasteiger partial charge < -0.3 is 37.9 Å². The molecule has 2 aliphatic rings. The van der Waals surface area contributed by atoms with Crippen LogP contribution in [-0.4, -0.2) is 58.0 Å². The lowest BCUT2D eigenvalue weighted by molar-refractivity contribution is -0.226. The van der Waals surface area contributed by atoms with Gasteiger partial charge in [0.1, 0.15) is 0 Å². The van der Waals surface area contributed by atoms with Crippen molar-refractivity contribution in [1.82, 2.24) is 0 Å². The van der Waals surface area contributed by atoms with Crippen LogP contribution in [0.15, 0.2) is 36.4 Å². The van der Waals surface area contributed by atoms with Crippen LogP contribution in [0.1, 0.15) is 132 Å². The summed E-state index contributed by atoms with van der Waals surface area (Å²) in [6, 6.07) is 11.4. The molecule has 2 saturated heterocycles. The number of hydrogen-bond donors (Lipinski definition) is 0. The lowest BCUT2D eigenvalue weighted by Crippen LogP contribution is -2.34. The van der Waals surface area contributed by atoms with E-state index in [1.807, 2.05) is 77.9 Å². The van der Waals surface area contributed by atoms with Gasteiger partial charge in [0, 0.05) is 46.3 Å². The summed E-state index contributed by atoms with van der Waals surface area (Å²) in [5.74, 6) is -0.152. The van der Waals surface area contributed by atoms with E-state index in [2.05, 4.69) is 27.7 Å². The summed E-state index contributed by atoms with van der Waals surface area (Å²) < 4.78 is 48.1. The normalized spacial score (nSPS) is 21.4. The van der Waals surface area contributed by atoms with E-state index in [0.717, 1.165) is 22.3 Å². The summed E-state index contributed by atoms with van der Waals surface area (Å²) in [6.07, 6.45) is -2.89. The smallest absolute Gasteiger partial charge is 0.193 e. The Hall–Kier alpha value is -2.21. The van der Waals surface area contributed by atoms with E-state index >= 15 is 0 Å². The van der Waals surface area contributed by atoms with Gasteiger partial charge in [-0.25, -0.2) is 0 Å². The molecule has 4 rings (SSSR count). The molecule has 2 aliphatic heterocycles. The van der Waals surface area contributed by atoms with Gasteiger partial charge in [0.2, 0.25) is 0 Å². The third kappa shape index (κ3) is 9.45. The first-order valence-corrected chi connectivity index (χ1v) is 16.6. The number of benzene rings is 2. The van der Waals surface area contributed by atoms with Gasteiger partial charge in [-0.2, -0.15) is 0 Å². The van der Waals surface area contributed by atoms with Crippen LogP contribution in [0.4, 0.5) is 0 Å². The van der Waals surface area contributed by atoms with Crippen molar-refractivity contribution in [3.05, 3.63) is 69.8 Å². The molecule has 0 aliphatic carbocycles. The fraction of sp³-hybridized carbons (Fsp3) is 0.649. The SMILES string of the molecule is CCOC(C)O[C@@H](C)c1cc(C2OCC(C)(C)CO2)ccc1C(=O)c1ccc(C2OCC(C)(C)CO2)cc1[C@H](C)OC(C)OCC. The van der Waals surface area contributed by atoms with Crippen LogP contribution in [-0.2, 0) is 37.9 Å². The van der Waals surface area contributed by atoms with Crippen LogP contribution in [0.2, 0.25) is 0 Å². The molecule has 9 nitrogen and oxygen atoms in total. The minimum absolute atomic E-state index is 0.0660. The zero-order valence-corrected chi connectivity index (χ0v) is 29.3. The summed E-state index contributed by atoms with van der Waals surface area (Å²) in [4.78, 5) is 14.6. The Labute approximate surface area is 275 Å². The molecule has 4 atom stereocenters. The highest BCUT2D eigenvalue weighted by molar-refractivity contribution is 6.11. The van der Waals surface area contributed by atoms with E-state index < -0.39 is 37.4 Å². The number of ketones is 1. The number of hydrogen-bond acceptors (Lipinski definition) is 9. The van der Waals surface area contributed by atoms with Gasteiger partial charge in [0.05, 0.1) is 38.6 Å². The molecule has 9 heteroatoms. The number of ether oxygens (including phenoxy) is 8. The van der Waals surface area contributed by atoms with E-state index in [4.69, 9.17) is 37.9 Å². The Morgan fingerprint density at radius 2 is 1.02 bits per heavy atom. The Morgan fingerprint density at radius 1 is 0.674 bits per heavy atom. The summed E-state index contributed by atoms with van der Waals surface area (Å²) in [5.41, 5.74) is 4.00. The van der Waals surface area contributed by atoms with E-state index in [9.17, 15) is 4.79 Å². The van der Waals surface area contributed by atoms with Crippen molar-refractivity contribution in [1.29, 1.82) is 0 Å². The topological polar surface area (TPSA) is 90.9 Å². The van der Waals surface area contributed by atoms with Crippen molar-refractivity contribution in [2.24, 2.45) is 10.8 Å². The van der Waals surface area contributed by atoms with Gasteiger partial charge in [-0.15, -0.1) is 0 Å². The second-order valence-electron chi connectivity index (χ2n) is 13.9. The predicted octanol–water partition coefficient (Wildman–Crippen LogP) is 7.98. The lowest BCUT2D eigenvalue weighted by Gasteiger charge is -2.35. The van der Waals surface area contributed by atoms with Gasteiger partial charge >= 0.3 is 0 Å². The van der Waals surface area contributed by atoms with Gasteiger partial charge in [-0.3, -0.25) is 4.79 Å². The van der Waals surface area contributed by atoms with Gasteiger partial charge in [-0.1, -0.05) is 52.0 Å². The summed E-state index contributed by atoms with van der Waals surface area (Å²) in [7, 11) is 0. The fourth-order valence-electron chi connectivity index (χ4n) is 5.73. The average molecular weight is 643 g/mol. The fourth-order valence-corrected chi connectivity index (χ4v) is 5.73. The molecule has 0 amide bonds. The highest BCUT2D eigenvalue weighted by atomic mass is 16.7. The van der Waals surface area contributed by atoms with Crippen molar-refractivity contribution in [3.63, 3.8) is 0 Å². The molecule has 2 aromatic carbocycles. The molecule has 0 N–H and O–H groups in total. The first kappa shape index (κ1) is 36.6. The van der Waals surface area contributed by atoms with Crippen molar-refractivity contribution in [2.45, 2.75) is 107 Å². The molecule has 2 heterocycles. The Morgan fingerprint density at radius 3 is 1.35 bits per heavy atom. The molecule has 0 bridgehead atoms. The molecule has 2 aromatic rings. The average Bonchev–Trinajstić information content (AvgIpc) is 3.00. The molecule has 2 fully saturated rings. The van der Waals surface area contributed by atoms with Crippen molar-refractivity contribution in [2.75, 3.05) is 39.6 Å². The van der Waals surface area contributed by atoms with Crippen LogP contribution in [0, 0.1) is 10.8 Å². The number of carbonyl (C=O) groups is 1. The van der Waals surface area contributed by atoms with Crippen LogP contribution in [0.3, 0.4) is 0 Å². The molecule has 0 radical (unpaired) electrons. The third-order valence-corrected chi connectivity index (χ3v) is 8.16. The minimum atomic E-state index is -0.531. The van der Waals surface area contributed by atoms with Gasteiger partial charge in [-0.05, 0) is 64.8 Å². The first-order chi connectivity index (χ1) is 21.7. The van der Waals surface area contributed by atoms with Crippen molar-refractivity contribution >= 4 is 5.78 Å². The number of carbonyl (C=O) groups excluding carboxylic acids is 1. The molecule has 0 saturated carbocycles. The van der Waals surface area contributed by atoms with E-state index in [1.54, 1.807) is 0 Å². The van der Waals surface area contributed by atoms with Crippen LogP contribution in [0.25, 0.3) is 0 Å². The molecule has 256 valence electrons. The van der Waals surface area contributed by atoms with Gasteiger partial charge in [0.25, 0.3) is 0 Å². The molecular formula is C37H54O9. The molecular weight excluding hydrogens is 588 g/mol. The Kier molecular flexibility index (Phi) is 12.6. The van der Waals surface area contributed by atoms with Crippen molar-refractivity contribution < 1.29 is 42.7 Å². The quantitative estimate of drug-likeness (QED) is 0.150. The summed E-state index contributed by atoms with van der Waals surface area (Å²) in [6.45, 7) is 23.1. The molecule has 0 aromatic heterocycles. The molecule has 46 heavy (non-hydrogen) atoms. The standard InChI is InChI=1S/C37H54O9/c1-11-39-25(5)45-23(3)31-17-27(34-41-19-36(7,8)20-42-34)13-15-29(31)33(38)30-16-14-28(35-43-21-37(9,10)22-44-35)18-32(30)24(4)46-26(6)40-12-2/h13-18,23-26,34-35H,11-12,19-22H2,1-10H3/t23-,24-,25?,26?/m0/s1. The molecule has 2 unspecified atom stereocenters. The monoisotopic (exact) mass is 642 g/mol. The molecule has 0 spiro atoms.